The van der Waals surface area contributed by atoms with Crippen molar-refractivity contribution in [2.45, 2.75) is 96.6 Å². The highest BCUT2D eigenvalue weighted by Gasteiger charge is 2.26. The van der Waals surface area contributed by atoms with Crippen molar-refractivity contribution >= 4 is 0 Å². The summed E-state index contributed by atoms with van der Waals surface area (Å²) in [6, 6.07) is 1.47. The molecule has 1 heterocycles. The summed E-state index contributed by atoms with van der Waals surface area (Å²) in [4.78, 5) is 2.76. The number of hydrogen-bond acceptors (Lipinski definition) is 2. The maximum absolute atomic E-state index is 6.06. The van der Waals surface area contributed by atoms with Gasteiger partial charge in [-0.25, -0.2) is 0 Å². The fourth-order valence-electron chi connectivity index (χ4n) is 3.55. The standard InChI is InChI=1S/C17H36N2/c1-3-5-6-7-8-13-17(15-18)19-14-10-9-12-16(19)11-4-2/h16-17H,3-15,18H2,1-2H3. The van der Waals surface area contributed by atoms with E-state index in [0.29, 0.717) is 6.04 Å². The number of hydrogen-bond donors (Lipinski definition) is 1. The third-order valence-electron chi connectivity index (χ3n) is 4.68. The normalized spacial score (nSPS) is 22.6. The quantitative estimate of drug-likeness (QED) is 0.598. The lowest BCUT2D eigenvalue weighted by molar-refractivity contribution is 0.0853. The van der Waals surface area contributed by atoms with Crippen LogP contribution in [0.3, 0.4) is 0 Å². The van der Waals surface area contributed by atoms with E-state index >= 15 is 0 Å². The Labute approximate surface area is 121 Å². The lowest BCUT2D eigenvalue weighted by Gasteiger charge is -2.41. The minimum absolute atomic E-state index is 0.651. The van der Waals surface area contributed by atoms with E-state index in [2.05, 4.69) is 18.7 Å². The number of nitrogens with two attached hydrogens (primary N) is 1. The predicted molar refractivity (Wildman–Crippen MR) is 85.5 cm³/mol. The first-order chi connectivity index (χ1) is 9.33. The van der Waals surface area contributed by atoms with Crippen molar-refractivity contribution in [3.8, 4) is 0 Å². The highest BCUT2D eigenvalue weighted by Crippen LogP contribution is 2.25. The van der Waals surface area contributed by atoms with Gasteiger partial charge in [-0.2, -0.15) is 0 Å². The van der Waals surface area contributed by atoms with Gasteiger partial charge in [-0.3, -0.25) is 4.90 Å². The Hall–Kier alpha value is -0.0800. The van der Waals surface area contributed by atoms with E-state index < -0.39 is 0 Å². The van der Waals surface area contributed by atoms with Crippen LogP contribution in [0.5, 0.6) is 0 Å². The number of nitrogens with zero attached hydrogens (tertiary/aromatic N) is 1. The van der Waals surface area contributed by atoms with Crippen LogP contribution in [0.1, 0.15) is 84.5 Å². The molecule has 0 amide bonds. The molecule has 2 atom stereocenters. The molecular formula is C17H36N2. The monoisotopic (exact) mass is 268 g/mol. The van der Waals surface area contributed by atoms with Gasteiger partial charge in [0.25, 0.3) is 0 Å². The summed E-state index contributed by atoms with van der Waals surface area (Å²) in [6.45, 7) is 6.75. The van der Waals surface area contributed by atoms with Crippen molar-refractivity contribution in [1.82, 2.24) is 4.90 Å². The summed E-state index contributed by atoms with van der Waals surface area (Å²) in [5.74, 6) is 0. The molecule has 1 rings (SSSR count). The molecule has 0 aromatic rings. The molecule has 1 fully saturated rings. The van der Waals surface area contributed by atoms with Crippen LogP contribution in [0.25, 0.3) is 0 Å². The minimum atomic E-state index is 0.651. The minimum Gasteiger partial charge on any atom is -0.329 e. The number of piperidine rings is 1. The first-order valence-corrected chi connectivity index (χ1v) is 8.79. The van der Waals surface area contributed by atoms with Crippen LogP contribution in [-0.2, 0) is 0 Å². The fraction of sp³-hybridized carbons (Fsp3) is 1.00. The Balaban J connectivity index is 2.33. The van der Waals surface area contributed by atoms with Crippen LogP contribution in [-0.4, -0.2) is 30.1 Å². The summed E-state index contributed by atoms with van der Waals surface area (Å²) in [7, 11) is 0. The van der Waals surface area contributed by atoms with E-state index in [1.54, 1.807) is 0 Å². The van der Waals surface area contributed by atoms with Gasteiger partial charge in [0, 0.05) is 18.6 Å². The maximum atomic E-state index is 6.06. The molecule has 1 aliphatic heterocycles. The van der Waals surface area contributed by atoms with Crippen LogP contribution in [0.15, 0.2) is 0 Å². The van der Waals surface area contributed by atoms with Gasteiger partial charge in [0.05, 0.1) is 0 Å². The van der Waals surface area contributed by atoms with E-state index in [-0.39, 0.29) is 0 Å². The zero-order chi connectivity index (χ0) is 13.9. The molecule has 2 nitrogen and oxygen atoms in total. The molecule has 1 saturated heterocycles. The highest BCUT2D eigenvalue weighted by molar-refractivity contribution is 4.83. The molecule has 1 aliphatic rings. The molecule has 0 radical (unpaired) electrons. The zero-order valence-electron chi connectivity index (χ0n) is 13.4. The second-order valence-corrected chi connectivity index (χ2v) is 6.27. The summed E-state index contributed by atoms with van der Waals surface area (Å²) in [5, 5.41) is 0. The Kier molecular flexibility index (Phi) is 9.54. The van der Waals surface area contributed by atoms with E-state index in [4.69, 9.17) is 5.73 Å². The SMILES string of the molecule is CCCCCCCC(CN)N1CCCCC1CCC. The number of likely N-dealkylation sites (tertiary alicyclic amines) is 1. The smallest absolute Gasteiger partial charge is 0.0221 e. The summed E-state index contributed by atoms with van der Waals surface area (Å²) < 4.78 is 0. The Morgan fingerprint density at radius 2 is 1.84 bits per heavy atom. The number of rotatable bonds is 10. The van der Waals surface area contributed by atoms with E-state index in [0.717, 1.165) is 12.6 Å². The maximum Gasteiger partial charge on any atom is 0.0221 e. The van der Waals surface area contributed by atoms with Crippen LogP contribution in [0.4, 0.5) is 0 Å². The van der Waals surface area contributed by atoms with Crippen molar-refractivity contribution in [2.24, 2.45) is 5.73 Å². The van der Waals surface area contributed by atoms with E-state index in [1.807, 2.05) is 0 Å². The van der Waals surface area contributed by atoms with Gasteiger partial charge in [0.15, 0.2) is 0 Å². The second kappa shape index (κ2) is 10.7. The molecule has 0 bridgehead atoms. The molecule has 2 N–H and O–H groups in total. The third-order valence-corrected chi connectivity index (χ3v) is 4.68. The lowest BCUT2D eigenvalue weighted by Crippen LogP contribution is -2.49. The molecule has 2 heteroatoms. The first-order valence-electron chi connectivity index (χ1n) is 8.79. The van der Waals surface area contributed by atoms with Gasteiger partial charge in [-0.1, -0.05) is 58.8 Å². The summed E-state index contributed by atoms with van der Waals surface area (Å²) in [6.07, 6.45) is 15.1. The number of unbranched alkanes of at least 4 members (excludes halogenated alkanes) is 4. The van der Waals surface area contributed by atoms with Crippen molar-refractivity contribution < 1.29 is 0 Å². The van der Waals surface area contributed by atoms with Crippen molar-refractivity contribution in [2.75, 3.05) is 13.1 Å². The summed E-state index contributed by atoms with van der Waals surface area (Å²) in [5.41, 5.74) is 6.06. The molecule has 114 valence electrons. The van der Waals surface area contributed by atoms with Gasteiger partial charge < -0.3 is 5.73 Å². The van der Waals surface area contributed by atoms with Crippen LogP contribution >= 0.6 is 0 Å². The van der Waals surface area contributed by atoms with E-state index in [9.17, 15) is 0 Å². The third kappa shape index (κ3) is 6.27. The van der Waals surface area contributed by atoms with Gasteiger partial charge in [0.1, 0.15) is 0 Å². The fourth-order valence-corrected chi connectivity index (χ4v) is 3.55. The molecule has 0 aromatic carbocycles. The summed E-state index contributed by atoms with van der Waals surface area (Å²) >= 11 is 0. The molecule has 2 unspecified atom stereocenters. The molecule has 0 saturated carbocycles. The molecule has 0 aliphatic carbocycles. The van der Waals surface area contributed by atoms with Crippen molar-refractivity contribution in [3.63, 3.8) is 0 Å². The molecule has 0 aromatic heterocycles. The molecule has 0 spiro atoms. The van der Waals surface area contributed by atoms with Crippen LogP contribution in [0.2, 0.25) is 0 Å². The van der Waals surface area contributed by atoms with E-state index in [1.165, 1.54) is 77.2 Å². The molecular weight excluding hydrogens is 232 g/mol. The zero-order valence-corrected chi connectivity index (χ0v) is 13.4. The van der Waals surface area contributed by atoms with Gasteiger partial charge in [-0.05, 0) is 32.2 Å². The van der Waals surface area contributed by atoms with Gasteiger partial charge in [-0.15, -0.1) is 0 Å². The van der Waals surface area contributed by atoms with Crippen molar-refractivity contribution in [3.05, 3.63) is 0 Å². The Bertz CT molecular complexity index is 203. The average Bonchev–Trinajstić information content (AvgIpc) is 2.44. The first kappa shape index (κ1) is 17.0. The Morgan fingerprint density at radius 1 is 1.05 bits per heavy atom. The van der Waals surface area contributed by atoms with Gasteiger partial charge in [0.2, 0.25) is 0 Å². The topological polar surface area (TPSA) is 29.3 Å². The van der Waals surface area contributed by atoms with Crippen LogP contribution < -0.4 is 5.73 Å². The lowest BCUT2D eigenvalue weighted by atomic mass is 9.94. The molecule has 19 heavy (non-hydrogen) atoms. The van der Waals surface area contributed by atoms with Gasteiger partial charge >= 0.3 is 0 Å². The predicted octanol–water partition coefficient (Wildman–Crippen LogP) is 4.33. The average molecular weight is 268 g/mol. The van der Waals surface area contributed by atoms with Crippen molar-refractivity contribution in [1.29, 1.82) is 0 Å². The second-order valence-electron chi connectivity index (χ2n) is 6.27. The van der Waals surface area contributed by atoms with Crippen LogP contribution in [0, 0.1) is 0 Å². The highest BCUT2D eigenvalue weighted by atomic mass is 15.2. The largest absolute Gasteiger partial charge is 0.329 e. The Morgan fingerprint density at radius 3 is 2.53 bits per heavy atom.